The van der Waals surface area contributed by atoms with E-state index in [0.717, 1.165) is 22.3 Å². The molecule has 2 fully saturated rings. The maximum atomic E-state index is 14.3. The topological polar surface area (TPSA) is 151 Å². The highest BCUT2D eigenvalue weighted by Crippen LogP contribution is 2.77. The normalized spacial score (nSPS) is 27.7. The van der Waals surface area contributed by atoms with E-state index in [4.69, 9.17) is 9.90 Å². The number of nitrogens with zero attached hydrogens (tertiary/aromatic N) is 1. The van der Waals surface area contributed by atoms with Crippen LogP contribution in [0.1, 0.15) is 31.4 Å². The molecule has 0 radical (unpaired) electrons. The summed E-state index contributed by atoms with van der Waals surface area (Å²) in [6.45, 7) is 4.54. The molecule has 1 heterocycles. The van der Waals surface area contributed by atoms with Crippen LogP contribution in [0.2, 0.25) is 0 Å². The summed E-state index contributed by atoms with van der Waals surface area (Å²) in [7, 11) is 0. The van der Waals surface area contributed by atoms with Crippen molar-refractivity contribution in [3.63, 3.8) is 0 Å². The number of carbonyl (C=O) groups excluding carboxylic acids is 5. The summed E-state index contributed by atoms with van der Waals surface area (Å²) < 4.78 is 30.1. The standard InChI is InChI=1S/C28H28BrN3O4.C2HF3O2/c1-26-20(17-9-5-3-6-10-17)21(18-11-7-4-8-12-18)27(2,24(26)35)28(29)22(26)23(34)32(25(28)36)16-13-19(33)31-15-14-30;3-2(4,5)1(6)7/h3-12,22H,13-16,30H2,1-2H3,(H,31,33);(H,6,7). The largest absolute Gasteiger partial charge is 0.542 e. The Hall–Kier alpha value is -3.84. The van der Waals surface area contributed by atoms with E-state index in [1.54, 1.807) is 13.8 Å². The van der Waals surface area contributed by atoms with Crippen LogP contribution in [0, 0.1) is 16.7 Å². The number of benzene rings is 2. The van der Waals surface area contributed by atoms with Gasteiger partial charge in [-0.25, -0.2) is 0 Å². The fraction of sp³-hybridized carbons (Fsp3) is 0.367. The van der Waals surface area contributed by atoms with E-state index in [-0.39, 0.29) is 24.7 Å². The van der Waals surface area contributed by atoms with Crippen molar-refractivity contribution in [1.82, 2.24) is 10.2 Å². The molecule has 3 aliphatic rings. The highest BCUT2D eigenvalue weighted by atomic mass is 79.9. The van der Waals surface area contributed by atoms with Gasteiger partial charge >= 0.3 is 6.18 Å². The van der Waals surface area contributed by atoms with Gasteiger partial charge in [-0.1, -0.05) is 76.6 Å². The van der Waals surface area contributed by atoms with Gasteiger partial charge < -0.3 is 21.0 Å². The number of likely N-dealkylation sites (tertiary alicyclic amines) is 1. The number of nitrogens with one attached hydrogen (secondary N) is 1. The third-order valence-corrected chi connectivity index (χ3v) is 9.98. The van der Waals surface area contributed by atoms with Crippen molar-refractivity contribution in [2.45, 2.75) is 30.8 Å². The van der Waals surface area contributed by atoms with Crippen molar-refractivity contribution in [1.29, 1.82) is 0 Å². The number of Topliss-reactive ketones (excluding diaryl/α,β-unsaturated/α-hetero) is 1. The van der Waals surface area contributed by atoms with Gasteiger partial charge in [0.1, 0.15) is 10.3 Å². The second kappa shape index (κ2) is 11.3. The lowest BCUT2D eigenvalue weighted by atomic mass is 9.63. The lowest BCUT2D eigenvalue weighted by Crippen LogP contribution is -2.55. The van der Waals surface area contributed by atoms with Crippen molar-refractivity contribution < 1.29 is 48.0 Å². The molecule has 0 aromatic heterocycles. The molecule has 13 heteroatoms. The fourth-order valence-electron chi connectivity index (χ4n) is 6.60. The molecule has 43 heavy (non-hydrogen) atoms. The van der Waals surface area contributed by atoms with Crippen LogP contribution < -0.4 is 16.2 Å². The van der Waals surface area contributed by atoms with Crippen LogP contribution in [0.4, 0.5) is 13.2 Å². The molecule has 2 aromatic rings. The molecule has 3 amide bonds. The van der Waals surface area contributed by atoms with Gasteiger partial charge in [0.05, 0.1) is 29.8 Å². The number of fused-ring (bicyclic) bond motifs is 5. The smallest absolute Gasteiger partial charge is 0.430 e. The first-order chi connectivity index (χ1) is 20.1. The molecule has 1 saturated heterocycles. The Labute approximate surface area is 253 Å². The summed E-state index contributed by atoms with van der Waals surface area (Å²) in [6.07, 6.45) is -5.20. The molecule has 2 aliphatic carbocycles. The Morgan fingerprint density at radius 1 is 0.977 bits per heavy atom. The molecule has 4 atom stereocenters. The average molecular weight is 664 g/mol. The number of carboxylic acid groups (broad SMARTS) is 1. The number of alkyl halides is 4. The van der Waals surface area contributed by atoms with Crippen LogP contribution in [-0.2, 0) is 24.0 Å². The molecule has 4 unspecified atom stereocenters. The summed E-state index contributed by atoms with van der Waals surface area (Å²) >= 11 is 3.72. The van der Waals surface area contributed by atoms with Gasteiger partial charge in [0.15, 0.2) is 5.78 Å². The van der Waals surface area contributed by atoms with Gasteiger partial charge in [0.25, 0.3) is 0 Å². The summed E-state index contributed by atoms with van der Waals surface area (Å²) in [5, 5.41) is 11.5. The summed E-state index contributed by atoms with van der Waals surface area (Å²) in [6, 6.07) is 19.2. The minimum Gasteiger partial charge on any atom is -0.542 e. The third-order valence-electron chi connectivity index (χ3n) is 8.39. The van der Waals surface area contributed by atoms with Crippen LogP contribution in [-0.4, -0.2) is 64.5 Å². The molecular weight excluding hydrogens is 635 g/mol. The Morgan fingerprint density at radius 3 is 1.93 bits per heavy atom. The Kier molecular flexibility index (Phi) is 8.46. The molecule has 228 valence electrons. The molecule has 0 spiro atoms. The first-order valence-electron chi connectivity index (χ1n) is 13.4. The highest BCUT2D eigenvalue weighted by molar-refractivity contribution is 9.10. The maximum absolute atomic E-state index is 14.3. The van der Waals surface area contributed by atoms with Crippen molar-refractivity contribution in [2.75, 3.05) is 19.6 Å². The molecule has 4 N–H and O–H groups in total. The van der Waals surface area contributed by atoms with E-state index < -0.39 is 45.0 Å². The Morgan fingerprint density at radius 2 is 1.47 bits per heavy atom. The molecule has 1 aliphatic heterocycles. The van der Waals surface area contributed by atoms with Crippen LogP contribution in [0.25, 0.3) is 11.1 Å². The third kappa shape index (κ3) is 4.78. The van der Waals surface area contributed by atoms with E-state index in [9.17, 15) is 32.3 Å². The van der Waals surface area contributed by atoms with E-state index >= 15 is 0 Å². The van der Waals surface area contributed by atoms with E-state index in [1.165, 1.54) is 4.90 Å². The lowest BCUT2D eigenvalue weighted by Gasteiger charge is -2.41. The van der Waals surface area contributed by atoms with E-state index in [2.05, 4.69) is 27.0 Å². The highest BCUT2D eigenvalue weighted by Gasteiger charge is 2.85. The lowest BCUT2D eigenvalue weighted by molar-refractivity contribution is -0.364. The summed E-state index contributed by atoms with van der Waals surface area (Å²) in [5.41, 5.74) is 4.46. The molecule has 2 aromatic carbocycles. The van der Waals surface area contributed by atoms with E-state index in [0.29, 0.717) is 13.1 Å². The van der Waals surface area contributed by atoms with Gasteiger partial charge in [-0.15, -0.1) is 0 Å². The number of carbonyl (C=O) groups is 5. The quantitative estimate of drug-likeness (QED) is 0.337. The van der Waals surface area contributed by atoms with Gasteiger partial charge in [0, 0.05) is 13.0 Å². The minimum atomic E-state index is -5.19. The van der Waals surface area contributed by atoms with Crippen LogP contribution >= 0.6 is 15.9 Å². The number of ketones is 1. The number of hydrogen-bond donors (Lipinski definition) is 2. The van der Waals surface area contributed by atoms with E-state index in [1.807, 2.05) is 60.7 Å². The second-order valence-electron chi connectivity index (χ2n) is 10.8. The van der Waals surface area contributed by atoms with Crippen LogP contribution in [0.15, 0.2) is 60.7 Å². The number of amides is 3. The fourth-order valence-corrected chi connectivity index (χ4v) is 7.85. The van der Waals surface area contributed by atoms with Gasteiger partial charge in [-0.2, -0.15) is 13.2 Å². The summed E-state index contributed by atoms with van der Waals surface area (Å²) in [5.74, 6) is -5.17. The van der Waals surface area contributed by atoms with Crippen LogP contribution in [0.5, 0.6) is 0 Å². The van der Waals surface area contributed by atoms with Crippen molar-refractivity contribution in [2.24, 2.45) is 16.7 Å². The predicted molar refractivity (Wildman–Crippen MR) is 149 cm³/mol. The van der Waals surface area contributed by atoms with Gasteiger partial charge in [-0.3, -0.25) is 24.1 Å². The van der Waals surface area contributed by atoms with Crippen LogP contribution in [0.3, 0.4) is 0 Å². The first kappa shape index (κ1) is 32.1. The van der Waals surface area contributed by atoms with Crippen molar-refractivity contribution in [3.05, 3.63) is 71.8 Å². The number of carboxylic acids is 1. The number of halogens is 4. The Balaban J connectivity index is 0.000000541. The van der Waals surface area contributed by atoms with Gasteiger partial charge in [-0.05, 0) is 36.1 Å². The van der Waals surface area contributed by atoms with Gasteiger partial charge in [0.2, 0.25) is 17.7 Å². The predicted octanol–water partition coefficient (Wildman–Crippen LogP) is 1.37. The average Bonchev–Trinajstić information content (AvgIpc) is 3.35. The number of imide groups is 1. The number of rotatable bonds is 7. The van der Waals surface area contributed by atoms with Crippen molar-refractivity contribution in [3.8, 4) is 0 Å². The zero-order chi connectivity index (χ0) is 32.0. The number of hydrogen-bond acceptors (Lipinski definition) is 6. The number of quaternary nitrogens is 1. The monoisotopic (exact) mass is 663 g/mol. The molecular formula is C30H29BrF3N3O6. The maximum Gasteiger partial charge on any atom is 0.430 e. The minimum absolute atomic E-state index is 0.000825. The van der Waals surface area contributed by atoms with Crippen molar-refractivity contribution >= 4 is 56.6 Å². The number of allylic oxidation sites excluding steroid dienone is 2. The molecule has 5 rings (SSSR count). The molecule has 9 nitrogen and oxygen atoms in total. The summed E-state index contributed by atoms with van der Waals surface area (Å²) in [4.78, 5) is 64.4. The SMILES string of the molecule is CC12C(=O)C(C)(C(c3ccccc3)=C1c1ccccc1)C1(Br)C(=O)N(CCC(=O)NCC[NH3+])C(=O)C21.O=C([O-])C(F)(F)F. The number of aliphatic carboxylic acids is 1. The molecule has 1 saturated carbocycles. The molecule has 2 bridgehead atoms. The second-order valence-corrected chi connectivity index (χ2v) is 12.1. The zero-order valence-corrected chi connectivity index (χ0v) is 24.9. The zero-order valence-electron chi connectivity index (χ0n) is 23.3. The Bertz CT molecular complexity index is 1520. The first-order valence-corrected chi connectivity index (χ1v) is 14.2.